The van der Waals surface area contributed by atoms with Crippen LogP contribution in [0.5, 0.6) is 0 Å². The highest BCUT2D eigenvalue weighted by Gasteiger charge is 2.13. The molecule has 0 radical (unpaired) electrons. The number of nitrogens with one attached hydrogen (secondary N) is 2. The van der Waals surface area contributed by atoms with E-state index in [1.165, 1.54) is 6.20 Å². The second-order valence-corrected chi connectivity index (χ2v) is 6.55. The third kappa shape index (κ3) is 4.71. The summed E-state index contributed by atoms with van der Waals surface area (Å²) in [7, 11) is 0. The normalized spacial score (nSPS) is 10.9. The molecule has 0 fully saturated rings. The summed E-state index contributed by atoms with van der Waals surface area (Å²) in [6.07, 6.45) is 2.24. The quantitative estimate of drug-likeness (QED) is 0.545. The summed E-state index contributed by atoms with van der Waals surface area (Å²) in [6.45, 7) is 5.94. The molecule has 4 nitrogen and oxygen atoms in total. The molecule has 0 spiro atoms. The van der Waals surface area contributed by atoms with Crippen LogP contribution < -0.4 is 10.6 Å². The number of nitriles is 1. The Bertz CT molecular complexity index is 866. The largest absolute Gasteiger partial charge is 0.360 e. The molecular weight excluding hydrogens is 378 g/mol. The molecule has 0 saturated heterocycles. The standard InChI is InChI=1S/C20H20BrN3O/c1-4-15-7-5-6-13(2)19(15)24-20(25)16(11-22)12-23-17-8-9-18(21)14(3)10-17/h5-10,12,23H,4H2,1-3H3,(H,24,25)/b16-12-. The fourth-order valence-electron chi connectivity index (χ4n) is 2.42. The lowest BCUT2D eigenvalue weighted by Gasteiger charge is -2.12. The van der Waals surface area contributed by atoms with Gasteiger partial charge in [-0.1, -0.05) is 41.1 Å². The predicted molar refractivity (Wildman–Crippen MR) is 105 cm³/mol. The number of hydrogen-bond donors (Lipinski definition) is 2. The molecule has 0 unspecified atom stereocenters. The highest BCUT2D eigenvalue weighted by molar-refractivity contribution is 9.10. The van der Waals surface area contributed by atoms with E-state index in [1.807, 2.05) is 63.2 Å². The van der Waals surface area contributed by atoms with Crippen LogP contribution in [0.15, 0.2) is 52.6 Å². The van der Waals surface area contributed by atoms with Gasteiger partial charge in [-0.15, -0.1) is 0 Å². The Labute approximate surface area is 156 Å². The van der Waals surface area contributed by atoms with Crippen molar-refractivity contribution in [3.05, 3.63) is 69.3 Å². The zero-order valence-electron chi connectivity index (χ0n) is 14.5. The van der Waals surface area contributed by atoms with Crippen molar-refractivity contribution in [2.45, 2.75) is 27.2 Å². The third-order valence-corrected chi connectivity index (χ3v) is 4.77. The van der Waals surface area contributed by atoms with Gasteiger partial charge >= 0.3 is 0 Å². The number of para-hydroxylation sites is 1. The van der Waals surface area contributed by atoms with Gasteiger partial charge in [0.2, 0.25) is 0 Å². The third-order valence-electron chi connectivity index (χ3n) is 3.88. The molecule has 2 aromatic rings. The first kappa shape index (κ1) is 18.8. The van der Waals surface area contributed by atoms with E-state index in [1.54, 1.807) is 0 Å². The van der Waals surface area contributed by atoms with Crippen LogP contribution in [-0.2, 0) is 11.2 Å². The molecule has 0 heterocycles. The number of halogens is 1. The number of rotatable bonds is 5. The van der Waals surface area contributed by atoms with Gasteiger partial charge in [-0.25, -0.2) is 0 Å². The van der Waals surface area contributed by atoms with Gasteiger partial charge in [-0.2, -0.15) is 5.26 Å². The first-order valence-electron chi connectivity index (χ1n) is 7.99. The summed E-state index contributed by atoms with van der Waals surface area (Å²) in [5.74, 6) is -0.423. The van der Waals surface area contributed by atoms with Gasteiger partial charge in [0.1, 0.15) is 11.6 Å². The number of carbonyl (C=O) groups excluding carboxylic acids is 1. The van der Waals surface area contributed by atoms with Crippen molar-refractivity contribution in [1.29, 1.82) is 5.26 Å². The minimum Gasteiger partial charge on any atom is -0.360 e. The summed E-state index contributed by atoms with van der Waals surface area (Å²) in [5.41, 5.74) is 4.69. The van der Waals surface area contributed by atoms with Crippen LogP contribution >= 0.6 is 15.9 Å². The van der Waals surface area contributed by atoms with Crippen LogP contribution in [-0.4, -0.2) is 5.91 Å². The number of nitrogens with zero attached hydrogens (tertiary/aromatic N) is 1. The minimum atomic E-state index is -0.423. The van der Waals surface area contributed by atoms with Crippen molar-refractivity contribution in [1.82, 2.24) is 0 Å². The molecule has 0 aliphatic rings. The van der Waals surface area contributed by atoms with E-state index in [0.29, 0.717) is 0 Å². The van der Waals surface area contributed by atoms with Crippen LogP contribution in [0.1, 0.15) is 23.6 Å². The van der Waals surface area contributed by atoms with Gasteiger partial charge in [0, 0.05) is 22.0 Å². The van der Waals surface area contributed by atoms with Crippen LogP contribution in [0.2, 0.25) is 0 Å². The Kier molecular flexibility index (Phi) is 6.37. The fraction of sp³-hybridized carbons (Fsp3) is 0.200. The van der Waals surface area contributed by atoms with Crippen molar-refractivity contribution in [2.24, 2.45) is 0 Å². The number of carbonyl (C=O) groups is 1. The first-order valence-corrected chi connectivity index (χ1v) is 8.78. The number of aryl methyl sites for hydroxylation is 3. The molecule has 128 valence electrons. The maximum atomic E-state index is 12.5. The highest BCUT2D eigenvalue weighted by Crippen LogP contribution is 2.22. The van der Waals surface area contributed by atoms with Crippen LogP contribution in [0, 0.1) is 25.2 Å². The SMILES string of the molecule is CCc1cccc(C)c1NC(=O)/C(C#N)=C\Nc1ccc(Br)c(C)c1. The molecule has 1 amide bonds. The Morgan fingerprint density at radius 3 is 2.64 bits per heavy atom. The van der Waals surface area contributed by atoms with E-state index in [0.717, 1.165) is 39.0 Å². The second-order valence-electron chi connectivity index (χ2n) is 5.69. The van der Waals surface area contributed by atoms with Crippen LogP contribution in [0.4, 0.5) is 11.4 Å². The van der Waals surface area contributed by atoms with Crippen LogP contribution in [0.3, 0.4) is 0 Å². The van der Waals surface area contributed by atoms with Crippen molar-refractivity contribution in [3.63, 3.8) is 0 Å². The summed E-state index contributed by atoms with van der Waals surface area (Å²) < 4.78 is 1.01. The Balaban J connectivity index is 2.19. The molecule has 0 aromatic heterocycles. The maximum absolute atomic E-state index is 12.5. The average molecular weight is 398 g/mol. The Morgan fingerprint density at radius 2 is 2.00 bits per heavy atom. The molecule has 0 atom stereocenters. The van der Waals surface area contributed by atoms with Crippen molar-refractivity contribution >= 4 is 33.2 Å². The second kappa shape index (κ2) is 8.50. The zero-order valence-corrected chi connectivity index (χ0v) is 16.1. The van der Waals surface area contributed by atoms with E-state index < -0.39 is 5.91 Å². The Morgan fingerprint density at radius 1 is 1.24 bits per heavy atom. The van der Waals surface area contributed by atoms with Crippen molar-refractivity contribution < 1.29 is 4.79 Å². The molecule has 2 N–H and O–H groups in total. The molecule has 25 heavy (non-hydrogen) atoms. The molecule has 0 saturated carbocycles. The maximum Gasteiger partial charge on any atom is 0.267 e. The smallest absolute Gasteiger partial charge is 0.267 e. The van der Waals surface area contributed by atoms with Crippen LogP contribution in [0.25, 0.3) is 0 Å². The monoisotopic (exact) mass is 397 g/mol. The van der Waals surface area contributed by atoms with Crippen molar-refractivity contribution in [2.75, 3.05) is 10.6 Å². The molecule has 0 aliphatic carbocycles. The average Bonchev–Trinajstić information content (AvgIpc) is 2.60. The molecule has 5 heteroatoms. The predicted octanol–water partition coefficient (Wildman–Crippen LogP) is 5.09. The zero-order chi connectivity index (χ0) is 18.4. The summed E-state index contributed by atoms with van der Waals surface area (Å²) in [6, 6.07) is 13.5. The number of amides is 1. The molecular formula is C20H20BrN3O. The number of anilines is 2. The lowest BCUT2D eigenvalue weighted by Crippen LogP contribution is -2.16. The molecule has 2 aromatic carbocycles. The van der Waals surface area contributed by atoms with Gasteiger partial charge in [-0.05, 0) is 55.2 Å². The molecule has 0 bridgehead atoms. The lowest BCUT2D eigenvalue weighted by molar-refractivity contribution is -0.112. The fourth-order valence-corrected chi connectivity index (χ4v) is 2.67. The highest BCUT2D eigenvalue weighted by atomic mass is 79.9. The van der Waals surface area contributed by atoms with E-state index in [2.05, 4.69) is 26.6 Å². The van der Waals surface area contributed by atoms with E-state index in [-0.39, 0.29) is 5.57 Å². The van der Waals surface area contributed by atoms with Gasteiger partial charge in [-0.3, -0.25) is 4.79 Å². The van der Waals surface area contributed by atoms with E-state index >= 15 is 0 Å². The summed E-state index contributed by atoms with van der Waals surface area (Å²) in [5, 5.41) is 15.2. The van der Waals surface area contributed by atoms with Gasteiger partial charge in [0.15, 0.2) is 0 Å². The van der Waals surface area contributed by atoms with Gasteiger partial charge < -0.3 is 10.6 Å². The molecule has 0 aliphatic heterocycles. The molecule has 2 rings (SSSR count). The number of benzene rings is 2. The van der Waals surface area contributed by atoms with E-state index in [4.69, 9.17) is 0 Å². The first-order chi connectivity index (χ1) is 12.0. The minimum absolute atomic E-state index is 0.0193. The Hall–Kier alpha value is -2.58. The summed E-state index contributed by atoms with van der Waals surface area (Å²) >= 11 is 3.44. The van der Waals surface area contributed by atoms with Crippen molar-refractivity contribution in [3.8, 4) is 6.07 Å². The topological polar surface area (TPSA) is 64.9 Å². The van der Waals surface area contributed by atoms with E-state index in [9.17, 15) is 10.1 Å². The number of hydrogen-bond acceptors (Lipinski definition) is 3. The van der Waals surface area contributed by atoms with Gasteiger partial charge in [0.25, 0.3) is 5.91 Å². The lowest BCUT2D eigenvalue weighted by atomic mass is 10.1. The van der Waals surface area contributed by atoms with Gasteiger partial charge in [0.05, 0.1) is 0 Å². The summed E-state index contributed by atoms with van der Waals surface area (Å²) in [4.78, 5) is 12.5.